The Morgan fingerprint density at radius 1 is 1.12 bits per heavy atom. The fourth-order valence-electron chi connectivity index (χ4n) is 3.17. The third kappa shape index (κ3) is 7.98. The minimum Gasteiger partial charge on any atom is -0.480 e. The molecule has 0 aliphatic carbocycles. The number of carbonyl (C=O) groups excluding carboxylic acids is 3. The van der Waals surface area contributed by atoms with Gasteiger partial charge in [0.05, 0.1) is 6.04 Å². The molecular formula is C21H29N5O5S2. The van der Waals surface area contributed by atoms with Gasteiger partial charge in [-0.3, -0.25) is 19.2 Å². The SMILES string of the molecule is CSCCC(NC(=O)C(CS)NC(=O)C(N)Cc1c[nH]c2ccccc12)C(=O)NCC(=O)O. The van der Waals surface area contributed by atoms with Crippen LogP contribution >= 0.6 is 24.4 Å². The number of aliphatic carboxylic acids is 1. The summed E-state index contributed by atoms with van der Waals surface area (Å²) in [4.78, 5) is 51.5. The Kier molecular flexibility index (Phi) is 10.6. The lowest BCUT2D eigenvalue weighted by molar-refractivity contribution is -0.138. The number of carbonyl (C=O) groups is 4. The topological polar surface area (TPSA) is 166 Å². The van der Waals surface area contributed by atoms with Crippen molar-refractivity contribution in [3.05, 3.63) is 36.0 Å². The lowest BCUT2D eigenvalue weighted by atomic mass is 10.0. The summed E-state index contributed by atoms with van der Waals surface area (Å²) < 4.78 is 0. The average Bonchev–Trinajstić information content (AvgIpc) is 3.20. The van der Waals surface area contributed by atoms with Crippen LogP contribution in [0.4, 0.5) is 0 Å². The molecule has 3 amide bonds. The van der Waals surface area contributed by atoms with E-state index < -0.39 is 48.4 Å². The molecule has 0 saturated heterocycles. The number of benzene rings is 1. The number of rotatable bonds is 13. The molecule has 3 unspecified atom stereocenters. The van der Waals surface area contributed by atoms with E-state index in [-0.39, 0.29) is 12.2 Å². The summed E-state index contributed by atoms with van der Waals surface area (Å²) in [5, 5.41) is 17.1. The van der Waals surface area contributed by atoms with Gasteiger partial charge in [0.1, 0.15) is 18.6 Å². The van der Waals surface area contributed by atoms with E-state index in [1.165, 1.54) is 11.8 Å². The van der Waals surface area contributed by atoms with Gasteiger partial charge in [-0.2, -0.15) is 24.4 Å². The number of para-hydroxylation sites is 1. The standard InChI is InChI=1S/C21H29N5O5S2/c1-33-7-6-16(20(30)24-10-18(27)28)25-21(31)17(11-32)26-19(29)14(22)8-12-9-23-15-5-3-2-4-13(12)15/h2-5,9,14,16-17,23,32H,6-8,10-11,22H2,1H3,(H,24,30)(H,25,31)(H,26,29)(H,27,28). The van der Waals surface area contributed by atoms with Crippen molar-refractivity contribution in [1.82, 2.24) is 20.9 Å². The highest BCUT2D eigenvalue weighted by Crippen LogP contribution is 2.18. The Morgan fingerprint density at radius 2 is 1.82 bits per heavy atom. The number of thiol groups is 1. The summed E-state index contributed by atoms with van der Waals surface area (Å²) in [6.45, 7) is -0.556. The van der Waals surface area contributed by atoms with Gasteiger partial charge in [-0.1, -0.05) is 18.2 Å². The number of nitrogens with one attached hydrogen (secondary N) is 4. The van der Waals surface area contributed by atoms with Crippen LogP contribution < -0.4 is 21.7 Å². The quantitative estimate of drug-likeness (QED) is 0.190. The Labute approximate surface area is 201 Å². The first-order valence-electron chi connectivity index (χ1n) is 10.3. The first kappa shape index (κ1) is 26.6. The molecule has 0 aliphatic rings. The predicted octanol–water partition coefficient (Wildman–Crippen LogP) is -0.109. The number of carboxylic acid groups (broad SMARTS) is 1. The van der Waals surface area contributed by atoms with E-state index >= 15 is 0 Å². The van der Waals surface area contributed by atoms with Crippen molar-refractivity contribution in [3.8, 4) is 0 Å². The Bertz CT molecular complexity index is 983. The summed E-state index contributed by atoms with van der Waals surface area (Å²) in [7, 11) is 0. The fourth-order valence-corrected chi connectivity index (χ4v) is 3.89. The van der Waals surface area contributed by atoms with Crippen molar-refractivity contribution in [2.45, 2.75) is 31.0 Å². The molecule has 2 rings (SSSR count). The molecular weight excluding hydrogens is 466 g/mol. The van der Waals surface area contributed by atoms with Crippen LogP contribution in [0.25, 0.3) is 10.9 Å². The molecule has 0 fully saturated rings. The van der Waals surface area contributed by atoms with Gasteiger partial charge in [0.15, 0.2) is 0 Å². The summed E-state index contributed by atoms with van der Waals surface area (Å²) in [6, 6.07) is 4.80. The van der Waals surface area contributed by atoms with Crippen LogP contribution in [0.1, 0.15) is 12.0 Å². The zero-order valence-corrected chi connectivity index (χ0v) is 19.9. The lowest BCUT2D eigenvalue weighted by Crippen LogP contribution is -2.57. The molecule has 180 valence electrons. The van der Waals surface area contributed by atoms with Crippen LogP contribution in [0.5, 0.6) is 0 Å². The third-order valence-corrected chi connectivity index (χ3v) is 5.93. The van der Waals surface area contributed by atoms with Crippen LogP contribution in [-0.2, 0) is 25.6 Å². The number of fused-ring (bicyclic) bond motifs is 1. The van der Waals surface area contributed by atoms with Crippen molar-refractivity contribution < 1.29 is 24.3 Å². The second-order valence-corrected chi connectivity index (χ2v) is 8.72. The molecule has 0 aliphatic heterocycles. The van der Waals surface area contributed by atoms with Gasteiger partial charge in [-0.25, -0.2) is 0 Å². The summed E-state index contributed by atoms with van der Waals surface area (Å²) in [5.41, 5.74) is 7.90. The molecule has 0 bridgehead atoms. The van der Waals surface area contributed by atoms with Crippen molar-refractivity contribution in [2.24, 2.45) is 5.73 Å². The largest absolute Gasteiger partial charge is 0.480 e. The number of nitrogens with two attached hydrogens (primary N) is 1. The summed E-state index contributed by atoms with van der Waals surface area (Å²) >= 11 is 5.62. The van der Waals surface area contributed by atoms with Crippen LogP contribution in [0.3, 0.4) is 0 Å². The van der Waals surface area contributed by atoms with E-state index in [0.29, 0.717) is 12.2 Å². The monoisotopic (exact) mass is 495 g/mol. The number of carboxylic acids is 1. The van der Waals surface area contributed by atoms with Gasteiger partial charge in [0.25, 0.3) is 0 Å². The van der Waals surface area contributed by atoms with E-state index in [1.807, 2.05) is 30.5 Å². The molecule has 0 radical (unpaired) electrons. The van der Waals surface area contributed by atoms with Crippen molar-refractivity contribution in [3.63, 3.8) is 0 Å². The van der Waals surface area contributed by atoms with Gasteiger partial charge >= 0.3 is 5.97 Å². The van der Waals surface area contributed by atoms with Gasteiger partial charge in [0, 0.05) is 22.9 Å². The fraction of sp³-hybridized carbons (Fsp3) is 0.429. The second-order valence-electron chi connectivity index (χ2n) is 7.37. The maximum absolute atomic E-state index is 12.7. The highest BCUT2D eigenvalue weighted by molar-refractivity contribution is 7.98. The van der Waals surface area contributed by atoms with Crippen molar-refractivity contribution in [2.75, 3.05) is 24.3 Å². The zero-order chi connectivity index (χ0) is 24.4. The maximum atomic E-state index is 12.7. The molecule has 3 atom stereocenters. The van der Waals surface area contributed by atoms with Gasteiger partial charge in [-0.05, 0) is 36.5 Å². The number of aromatic nitrogens is 1. The molecule has 0 saturated carbocycles. The zero-order valence-electron chi connectivity index (χ0n) is 18.2. The lowest BCUT2D eigenvalue weighted by Gasteiger charge is -2.23. The molecule has 1 heterocycles. The van der Waals surface area contributed by atoms with Crippen molar-refractivity contribution in [1.29, 1.82) is 0 Å². The predicted molar refractivity (Wildman–Crippen MR) is 131 cm³/mol. The molecule has 1 aromatic heterocycles. The number of hydrogen-bond acceptors (Lipinski definition) is 7. The van der Waals surface area contributed by atoms with Crippen LogP contribution in [0, 0.1) is 0 Å². The first-order chi connectivity index (χ1) is 15.8. The minimum atomic E-state index is -1.19. The third-order valence-electron chi connectivity index (χ3n) is 4.92. The molecule has 1 aromatic carbocycles. The van der Waals surface area contributed by atoms with Gasteiger partial charge in [0.2, 0.25) is 17.7 Å². The van der Waals surface area contributed by atoms with E-state index in [4.69, 9.17) is 10.8 Å². The second kappa shape index (κ2) is 13.1. The van der Waals surface area contributed by atoms with Crippen LogP contribution in [0.2, 0.25) is 0 Å². The molecule has 7 N–H and O–H groups in total. The summed E-state index contributed by atoms with van der Waals surface area (Å²) in [5.74, 6) is -2.37. The van der Waals surface area contributed by atoms with Crippen molar-refractivity contribution >= 4 is 59.0 Å². The summed E-state index contributed by atoms with van der Waals surface area (Å²) in [6.07, 6.45) is 4.21. The Balaban J connectivity index is 1.98. The number of amides is 3. The maximum Gasteiger partial charge on any atom is 0.322 e. The number of thioether (sulfide) groups is 1. The Hall–Kier alpha value is -2.70. The number of hydrogen-bond donors (Lipinski definition) is 7. The molecule has 0 spiro atoms. The van der Waals surface area contributed by atoms with E-state index in [9.17, 15) is 19.2 Å². The molecule has 12 heteroatoms. The highest BCUT2D eigenvalue weighted by Gasteiger charge is 2.27. The first-order valence-corrected chi connectivity index (χ1v) is 12.3. The van der Waals surface area contributed by atoms with E-state index in [2.05, 4.69) is 33.6 Å². The smallest absolute Gasteiger partial charge is 0.322 e. The highest BCUT2D eigenvalue weighted by atomic mass is 32.2. The molecule has 2 aromatic rings. The van der Waals surface area contributed by atoms with Crippen LogP contribution in [-0.4, -0.2) is 76.2 Å². The van der Waals surface area contributed by atoms with E-state index in [0.717, 1.165) is 16.5 Å². The van der Waals surface area contributed by atoms with E-state index in [1.54, 1.807) is 6.20 Å². The van der Waals surface area contributed by atoms with Crippen LogP contribution in [0.15, 0.2) is 30.5 Å². The Morgan fingerprint density at radius 3 is 2.48 bits per heavy atom. The molecule has 33 heavy (non-hydrogen) atoms. The van der Waals surface area contributed by atoms with Gasteiger partial charge < -0.3 is 31.8 Å². The average molecular weight is 496 g/mol. The van der Waals surface area contributed by atoms with Gasteiger partial charge in [-0.15, -0.1) is 0 Å². The minimum absolute atomic E-state index is 0.0105. The number of H-pyrrole nitrogens is 1. The molecule has 10 nitrogen and oxygen atoms in total. The number of aromatic amines is 1. The normalized spacial score (nSPS) is 13.7.